The molecule has 0 atom stereocenters. The summed E-state index contributed by atoms with van der Waals surface area (Å²) in [7, 11) is 0. The SMILES string of the molecule is CCCCCCOc1ccc(NC(=O)c2sc(=O)[nH]c2C)cc1. The number of hydrogen-bond donors (Lipinski definition) is 2. The summed E-state index contributed by atoms with van der Waals surface area (Å²) in [6.07, 6.45) is 4.68. The number of aromatic amines is 1. The van der Waals surface area contributed by atoms with Crippen molar-refractivity contribution in [2.24, 2.45) is 0 Å². The van der Waals surface area contributed by atoms with Crippen molar-refractivity contribution in [3.63, 3.8) is 0 Å². The number of nitrogens with one attached hydrogen (secondary N) is 2. The Bertz CT molecular complexity index is 689. The van der Waals surface area contributed by atoms with Crippen molar-refractivity contribution in [1.82, 2.24) is 4.98 Å². The molecule has 1 amide bonds. The van der Waals surface area contributed by atoms with Crippen LogP contribution in [0.3, 0.4) is 0 Å². The van der Waals surface area contributed by atoms with Gasteiger partial charge in [0.15, 0.2) is 0 Å². The quantitative estimate of drug-likeness (QED) is 0.718. The largest absolute Gasteiger partial charge is 0.494 e. The van der Waals surface area contributed by atoms with Gasteiger partial charge < -0.3 is 15.0 Å². The first-order chi connectivity index (χ1) is 11.1. The van der Waals surface area contributed by atoms with E-state index >= 15 is 0 Å². The van der Waals surface area contributed by atoms with Crippen LogP contribution in [0.4, 0.5) is 5.69 Å². The topological polar surface area (TPSA) is 71.2 Å². The number of amides is 1. The number of rotatable bonds is 8. The van der Waals surface area contributed by atoms with Gasteiger partial charge in [-0.3, -0.25) is 9.59 Å². The number of carbonyl (C=O) groups excluding carboxylic acids is 1. The summed E-state index contributed by atoms with van der Waals surface area (Å²) >= 11 is 0.915. The molecular formula is C17H22N2O3S. The van der Waals surface area contributed by atoms with E-state index in [9.17, 15) is 9.59 Å². The molecule has 0 saturated heterocycles. The van der Waals surface area contributed by atoms with Crippen LogP contribution in [0.15, 0.2) is 29.1 Å². The van der Waals surface area contributed by atoms with E-state index in [1.807, 2.05) is 12.1 Å². The first-order valence-electron chi connectivity index (χ1n) is 7.84. The molecule has 0 saturated carbocycles. The van der Waals surface area contributed by atoms with Crippen LogP contribution in [0.1, 0.15) is 48.0 Å². The Hall–Kier alpha value is -2.08. The molecule has 0 spiro atoms. The Labute approximate surface area is 139 Å². The molecule has 0 aliphatic rings. The molecule has 2 N–H and O–H groups in total. The number of anilines is 1. The maximum Gasteiger partial charge on any atom is 0.305 e. The molecule has 0 aliphatic carbocycles. The van der Waals surface area contributed by atoms with E-state index < -0.39 is 0 Å². The number of thiazole rings is 1. The maximum absolute atomic E-state index is 12.1. The molecule has 0 aliphatic heterocycles. The zero-order valence-corrected chi connectivity index (χ0v) is 14.3. The van der Waals surface area contributed by atoms with Gasteiger partial charge in [-0.1, -0.05) is 37.5 Å². The molecule has 124 valence electrons. The standard InChI is InChI=1S/C17H22N2O3S/c1-3-4-5-6-11-22-14-9-7-13(8-10-14)19-16(20)15-12(2)18-17(21)23-15/h7-10H,3-6,11H2,1-2H3,(H,18,21)(H,19,20). The first kappa shape index (κ1) is 17.3. The van der Waals surface area contributed by atoms with Gasteiger partial charge in [0.2, 0.25) is 0 Å². The molecule has 5 nitrogen and oxygen atoms in total. The number of H-pyrrole nitrogens is 1. The third-order valence-corrected chi connectivity index (χ3v) is 4.39. The van der Waals surface area contributed by atoms with E-state index in [0.717, 1.165) is 23.5 Å². The van der Waals surface area contributed by atoms with Crippen molar-refractivity contribution in [3.05, 3.63) is 44.5 Å². The Kier molecular flexibility index (Phi) is 6.40. The third-order valence-electron chi connectivity index (χ3n) is 3.41. The Morgan fingerprint density at radius 3 is 2.57 bits per heavy atom. The van der Waals surface area contributed by atoms with Crippen LogP contribution >= 0.6 is 11.3 Å². The van der Waals surface area contributed by atoms with Crippen LogP contribution in [0.5, 0.6) is 5.75 Å². The minimum atomic E-state index is -0.279. The highest BCUT2D eigenvalue weighted by Gasteiger charge is 2.13. The molecule has 2 aromatic rings. The Morgan fingerprint density at radius 2 is 1.96 bits per heavy atom. The van der Waals surface area contributed by atoms with Crippen LogP contribution in [0.2, 0.25) is 0 Å². The zero-order valence-electron chi connectivity index (χ0n) is 13.5. The number of benzene rings is 1. The van der Waals surface area contributed by atoms with Crippen LogP contribution < -0.4 is 14.9 Å². The summed E-state index contributed by atoms with van der Waals surface area (Å²) in [6, 6.07) is 7.26. The third kappa shape index (κ3) is 5.25. The number of aromatic nitrogens is 1. The van der Waals surface area contributed by atoms with E-state index in [1.165, 1.54) is 19.3 Å². The molecule has 1 heterocycles. The second-order valence-electron chi connectivity index (χ2n) is 5.36. The van der Waals surface area contributed by atoms with Gasteiger partial charge in [0.1, 0.15) is 10.6 Å². The van der Waals surface area contributed by atoms with Gasteiger partial charge in [-0.05, 0) is 37.6 Å². The van der Waals surface area contributed by atoms with Gasteiger partial charge in [0.25, 0.3) is 5.91 Å². The summed E-state index contributed by atoms with van der Waals surface area (Å²) in [5, 5.41) is 2.78. The molecule has 0 bridgehead atoms. The van der Waals surface area contributed by atoms with Crippen LogP contribution in [0, 0.1) is 6.92 Å². The van der Waals surface area contributed by atoms with E-state index in [2.05, 4.69) is 17.2 Å². The molecule has 23 heavy (non-hydrogen) atoms. The molecular weight excluding hydrogens is 312 g/mol. The predicted octanol–water partition coefficient (Wildman–Crippen LogP) is 3.96. The number of unbranched alkanes of at least 4 members (excludes halogenated alkanes) is 3. The summed E-state index contributed by atoms with van der Waals surface area (Å²) in [4.78, 5) is 26.1. The lowest BCUT2D eigenvalue weighted by atomic mass is 10.2. The van der Waals surface area contributed by atoms with Gasteiger partial charge in [-0.2, -0.15) is 0 Å². The van der Waals surface area contributed by atoms with Gasteiger partial charge >= 0.3 is 4.87 Å². The molecule has 0 radical (unpaired) electrons. The maximum atomic E-state index is 12.1. The van der Waals surface area contributed by atoms with E-state index in [1.54, 1.807) is 19.1 Å². The van der Waals surface area contributed by atoms with Crippen LogP contribution in [-0.2, 0) is 0 Å². The number of aryl methyl sites for hydroxylation is 1. The second kappa shape index (κ2) is 8.53. The molecule has 2 rings (SSSR count). The Morgan fingerprint density at radius 1 is 1.22 bits per heavy atom. The fraction of sp³-hybridized carbons (Fsp3) is 0.412. The molecule has 0 fully saturated rings. The predicted molar refractivity (Wildman–Crippen MR) is 93.7 cm³/mol. The minimum Gasteiger partial charge on any atom is -0.494 e. The van der Waals surface area contributed by atoms with Crippen molar-refractivity contribution in [1.29, 1.82) is 0 Å². The van der Waals surface area contributed by atoms with E-state index in [4.69, 9.17) is 4.74 Å². The van der Waals surface area contributed by atoms with E-state index in [-0.39, 0.29) is 10.8 Å². The average molecular weight is 334 g/mol. The second-order valence-corrected chi connectivity index (χ2v) is 6.34. The number of ether oxygens (including phenoxy) is 1. The lowest BCUT2D eigenvalue weighted by Crippen LogP contribution is -2.11. The van der Waals surface area contributed by atoms with Crippen molar-refractivity contribution >= 4 is 22.9 Å². The fourth-order valence-electron chi connectivity index (χ4n) is 2.16. The molecule has 1 aromatic heterocycles. The van der Waals surface area contributed by atoms with Crippen molar-refractivity contribution in [3.8, 4) is 5.75 Å². The highest BCUT2D eigenvalue weighted by atomic mass is 32.1. The highest BCUT2D eigenvalue weighted by Crippen LogP contribution is 2.18. The molecule has 6 heteroatoms. The van der Waals surface area contributed by atoms with Crippen molar-refractivity contribution in [2.75, 3.05) is 11.9 Å². The average Bonchev–Trinajstić information content (AvgIpc) is 2.87. The monoisotopic (exact) mass is 334 g/mol. The van der Waals surface area contributed by atoms with Crippen LogP contribution in [-0.4, -0.2) is 17.5 Å². The Balaban J connectivity index is 1.86. The molecule has 1 aromatic carbocycles. The van der Waals surface area contributed by atoms with Crippen molar-refractivity contribution in [2.45, 2.75) is 39.5 Å². The van der Waals surface area contributed by atoms with Gasteiger partial charge in [-0.25, -0.2) is 0 Å². The minimum absolute atomic E-state index is 0.223. The fourth-order valence-corrected chi connectivity index (χ4v) is 2.90. The van der Waals surface area contributed by atoms with Crippen molar-refractivity contribution < 1.29 is 9.53 Å². The van der Waals surface area contributed by atoms with Gasteiger partial charge in [0.05, 0.1) is 6.61 Å². The van der Waals surface area contributed by atoms with Gasteiger partial charge in [0, 0.05) is 11.4 Å². The number of carbonyl (C=O) groups is 1. The number of hydrogen-bond acceptors (Lipinski definition) is 4. The summed E-state index contributed by atoms with van der Waals surface area (Å²) in [5.74, 6) is 0.515. The summed E-state index contributed by atoms with van der Waals surface area (Å²) < 4.78 is 5.66. The highest BCUT2D eigenvalue weighted by molar-refractivity contribution is 7.11. The molecule has 0 unspecified atom stereocenters. The normalized spacial score (nSPS) is 10.5. The first-order valence-corrected chi connectivity index (χ1v) is 8.65. The van der Waals surface area contributed by atoms with E-state index in [0.29, 0.717) is 22.9 Å². The zero-order chi connectivity index (χ0) is 16.7. The lowest BCUT2D eigenvalue weighted by molar-refractivity contribution is 0.103. The summed E-state index contributed by atoms with van der Waals surface area (Å²) in [6.45, 7) is 4.60. The summed E-state index contributed by atoms with van der Waals surface area (Å²) in [5.41, 5.74) is 1.26. The van der Waals surface area contributed by atoms with Crippen LogP contribution in [0.25, 0.3) is 0 Å². The lowest BCUT2D eigenvalue weighted by Gasteiger charge is -2.08. The smallest absolute Gasteiger partial charge is 0.305 e. The van der Waals surface area contributed by atoms with Gasteiger partial charge in [-0.15, -0.1) is 0 Å².